The molecule has 0 spiro atoms. The third-order valence-electron chi connectivity index (χ3n) is 5.06. The lowest BCUT2D eigenvalue weighted by Gasteiger charge is -2.42. The highest BCUT2D eigenvalue weighted by atomic mass is 16.4. The van der Waals surface area contributed by atoms with Crippen molar-refractivity contribution < 1.29 is 14.7 Å². The summed E-state index contributed by atoms with van der Waals surface area (Å²) < 4.78 is 0. The first-order valence-electron chi connectivity index (χ1n) is 7.76. The van der Waals surface area contributed by atoms with Gasteiger partial charge in [0.05, 0.1) is 0 Å². The van der Waals surface area contributed by atoms with E-state index in [4.69, 9.17) is 0 Å². The van der Waals surface area contributed by atoms with Crippen LogP contribution in [0.2, 0.25) is 0 Å². The van der Waals surface area contributed by atoms with E-state index in [2.05, 4.69) is 5.32 Å². The summed E-state index contributed by atoms with van der Waals surface area (Å²) in [5.41, 5.74) is -1.06. The Morgan fingerprint density at radius 3 is 2.50 bits per heavy atom. The Balaban J connectivity index is 2.00. The Morgan fingerprint density at radius 2 is 1.90 bits per heavy atom. The number of carbonyl (C=O) groups is 2. The van der Waals surface area contributed by atoms with Crippen LogP contribution in [-0.4, -0.2) is 40.1 Å². The van der Waals surface area contributed by atoms with Gasteiger partial charge in [-0.3, -0.25) is 0 Å². The normalized spacial score (nSPS) is 29.2. The van der Waals surface area contributed by atoms with Crippen molar-refractivity contribution in [2.24, 2.45) is 5.92 Å². The van der Waals surface area contributed by atoms with Gasteiger partial charge >= 0.3 is 12.0 Å². The first kappa shape index (κ1) is 15.1. The number of nitrogens with one attached hydrogen (secondary N) is 1. The maximum atomic E-state index is 12.4. The summed E-state index contributed by atoms with van der Waals surface area (Å²) in [6.45, 7) is 4.23. The summed E-state index contributed by atoms with van der Waals surface area (Å²) in [5, 5.41) is 12.5. The number of amides is 2. The second kappa shape index (κ2) is 6.02. The zero-order chi connectivity index (χ0) is 14.8. The molecule has 1 aliphatic carbocycles. The number of piperidine rings is 1. The largest absolute Gasteiger partial charge is 0.480 e. The van der Waals surface area contributed by atoms with Crippen molar-refractivity contribution in [2.45, 2.75) is 70.4 Å². The molecule has 1 heterocycles. The van der Waals surface area contributed by atoms with E-state index in [1.165, 1.54) is 17.7 Å². The van der Waals surface area contributed by atoms with Crippen molar-refractivity contribution in [2.75, 3.05) is 6.54 Å². The molecule has 2 unspecified atom stereocenters. The van der Waals surface area contributed by atoms with Crippen LogP contribution in [0.25, 0.3) is 0 Å². The molecule has 2 rings (SSSR count). The number of carboxylic acids is 1. The Kier molecular flexibility index (Phi) is 4.55. The molecule has 0 aromatic heterocycles. The van der Waals surface area contributed by atoms with E-state index < -0.39 is 11.5 Å². The van der Waals surface area contributed by atoms with Crippen molar-refractivity contribution in [3.8, 4) is 0 Å². The number of carbonyl (C=O) groups excluding carboxylic acids is 1. The predicted molar refractivity (Wildman–Crippen MR) is 76.5 cm³/mol. The fourth-order valence-corrected chi connectivity index (χ4v) is 3.52. The summed E-state index contributed by atoms with van der Waals surface area (Å²) in [7, 11) is 0. The third kappa shape index (κ3) is 2.91. The summed E-state index contributed by atoms with van der Waals surface area (Å²) >= 11 is 0. The van der Waals surface area contributed by atoms with Gasteiger partial charge in [-0.2, -0.15) is 0 Å². The van der Waals surface area contributed by atoms with Gasteiger partial charge in [0.15, 0.2) is 0 Å². The standard InChI is InChI=1S/C15H26N2O3/c1-11(12-7-3-4-8-12)16-14(20)17-10-6-5-9-15(17,2)13(18)19/h11-12H,3-10H2,1-2H3,(H,16,20)(H,18,19). The van der Waals surface area contributed by atoms with Crippen molar-refractivity contribution in [3.63, 3.8) is 0 Å². The monoisotopic (exact) mass is 282 g/mol. The number of nitrogens with zero attached hydrogens (tertiary/aromatic N) is 1. The maximum absolute atomic E-state index is 12.4. The van der Waals surface area contributed by atoms with E-state index >= 15 is 0 Å². The molecule has 1 aliphatic heterocycles. The van der Waals surface area contributed by atoms with Gasteiger partial charge in [-0.05, 0) is 51.9 Å². The fraction of sp³-hybridized carbons (Fsp3) is 0.867. The Morgan fingerprint density at radius 1 is 1.25 bits per heavy atom. The molecule has 1 saturated carbocycles. The molecule has 5 heteroatoms. The van der Waals surface area contributed by atoms with Crippen LogP contribution >= 0.6 is 0 Å². The Hall–Kier alpha value is -1.26. The number of carboxylic acid groups (broad SMARTS) is 1. The minimum atomic E-state index is -1.06. The smallest absolute Gasteiger partial charge is 0.329 e. The molecule has 2 N–H and O–H groups in total. The molecule has 2 amide bonds. The molecule has 114 valence electrons. The molecule has 0 aromatic rings. The quantitative estimate of drug-likeness (QED) is 0.836. The molecule has 2 fully saturated rings. The van der Waals surface area contributed by atoms with Crippen LogP contribution < -0.4 is 5.32 Å². The minimum absolute atomic E-state index is 0.130. The molecule has 2 atom stereocenters. The van der Waals surface area contributed by atoms with E-state index in [-0.39, 0.29) is 12.1 Å². The number of urea groups is 1. The number of rotatable bonds is 3. The van der Waals surface area contributed by atoms with Crippen LogP contribution in [0.15, 0.2) is 0 Å². The number of hydrogen-bond acceptors (Lipinski definition) is 2. The van der Waals surface area contributed by atoms with Crippen LogP contribution in [0.4, 0.5) is 4.79 Å². The van der Waals surface area contributed by atoms with Crippen molar-refractivity contribution in [3.05, 3.63) is 0 Å². The van der Waals surface area contributed by atoms with Crippen LogP contribution in [0.3, 0.4) is 0 Å². The minimum Gasteiger partial charge on any atom is -0.480 e. The molecular formula is C15H26N2O3. The lowest BCUT2D eigenvalue weighted by Crippen LogP contribution is -2.61. The molecule has 0 bridgehead atoms. The number of aliphatic carboxylic acids is 1. The van der Waals surface area contributed by atoms with Gasteiger partial charge < -0.3 is 15.3 Å². The van der Waals surface area contributed by atoms with Gasteiger partial charge in [-0.15, -0.1) is 0 Å². The van der Waals surface area contributed by atoms with E-state index in [0.717, 1.165) is 25.7 Å². The SMILES string of the molecule is CC(NC(=O)N1CCCCC1(C)C(=O)O)C1CCCC1. The van der Waals surface area contributed by atoms with Crippen molar-refractivity contribution >= 4 is 12.0 Å². The third-order valence-corrected chi connectivity index (χ3v) is 5.06. The van der Waals surface area contributed by atoms with Crippen molar-refractivity contribution in [1.82, 2.24) is 10.2 Å². The molecule has 1 saturated heterocycles. The van der Waals surface area contributed by atoms with Crippen molar-refractivity contribution in [1.29, 1.82) is 0 Å². The second-order valence-corrected chi connectivity index (χ2v) is 6.47. The van der Waals surface area contributed by atoms with Gasteiger partial charge in [-0.1, -0.05) is 12.8 Å². The van der Waals surface area contributed by atoms with Crippen LogP contribution in [0, 0.1) is 5.92 Å². The summed E-state index contributed by atoms with van der Waals surface area (Å²) in [4.78, 5) is 25.5. The van der Waals surface area contributed by atoms with E-state index in [0.29, 0.717) is 18.9 Å². The van der Waals surface area contributed by atoms with Gasteiger partial charge in [0.1, 0.15) is 5.54 Å². The van der Waals surface area contributed by atoms with Crippen LogP contribution in [-0.2, 0) is 4.79 Å². The molecule has 5 nitrogen and oxygen atoms in total. The molecule has 20 heavy (non-hydrogen) atoms. The van der Waals surface area contributed by atoms with Gasteiger partial charge in [0.2, 0.25) is 0 Å². The first-order valence-corrected chi connectivity index (χ1v) is 7.76. The van der Waals surface area contributed by atoms with E-state index in [1.54, 1.807) is 6.92 Å². The predicted octanol–water partition coefficient (Wildman–Crippen LogP) is 2.60. The topological polar surface area (TPSA) is 69.6 Å². The lowest BCUT2D eigenvalue weighted by molar-refractivity contribution is -0.150. The fourth-order valence-electron chi connectivity index (χ4n) is 3.52. The van der Waals surface area contributed by atoms with Crippen LogP contribution in [0.1, 0.15) is 58.8 Å². The molecule has 0 radical (unpaired) electrons. The average molecular weight is 282 g/mol. The number of likely N-dealkylation sites (tertiary alicyclic amines) is 1. The van der Waals surface area contributed by atoms with E-state index in [1.807, 2.05) is 6.92 Å². The van der Waals surface area contributed by atoms with Gasteiger partial charge in [-0.25, -0.2) is 9.59 Å². The number of hydrogen-bond donors (Lipinski definition) is 2. The summed E-state index contributed by atoms with van der Waals surface area (Å²) in [5.74, 6) is -0.360. The average Bonchev–Trinajstić information content (AvgIpc) is 2.92. The van der Waals surface area contributed by atoms with Gasteiger partial charge in [0.25, 0.3) is 0 Å². The summed E-state index contributed by atoms with van der Waals surface area (Å²) in [6.07, 6.45) is 7.09. The molecule has 2 aliphatic rings. The molecule has 0 aromatic carbocycles. The van der Waals surface area contributed by atoms with Gasteiger partial charge in [0, 0.05) is 12.6 Å². The lowest BCUT2D eigenvalue weighted by atomic mass is 9.88. The highest BCUT2D eigenvalue weighted by Gasteiger charge is 2.44. The Bertz CT molecular complexity index is 379. The summed E-state index contributed by atoms with van der Waals surface area (Å²) in [6, 6.07) is -0.0843. The molecular weight excluding hydrogens is 256 g/mol. The van der Waals surface area contributed by atoms with E-state index in [9.17, 15) is 14.7 Å². The zero-order valence-corrected chi connectivity index (χ0v) is 12.5. The second-order valence-electron chi connectivity index (χ2n) is 6.47. The van der Waals surface area contributed by atoms with Crippen LogP contribution in [0.5, 0.6) is 0 Å². The highest BCUT2D eigenvalue weighted by molar-refractivity contribution is 5.86. The Labute approximate surface area is 120 Å². The maximum Gasteiger partial charge on any atom is 0.329 e. The zero-order valence-electron chi connectivity index (χ0n) is 12.5. The first-order chi connectivity index (χ1) is 9.45. The highest BCUT2D eigenvalue weighted by Crippen LogP contribution is 2.30.